The minimum atomic E-state index is -0.268. The molecule has 0 aliphatic heterocycles. The van der Waals surface area contributed by atoms with Crippen LogP contribution in [0.4, 0.5) is 5.69 Å². The number of aromatic nitrogens is 2. The number of imidazole rings is 1. The number of nitrogens with one attached hydrogen (secondary N) is 2. The van der Waals surface area contributed by atoms with Crippen molar-refractivity contribution in [3.63, 3.8) is 0 Å². The van der Waals surface area contributed by atoms with E-state index in [2.05, 4.69) is 60.7 Å². The van der Waals surface area contributed by atoms with Crippen molar-refractivity contribution in [3.05, 3.63) is 63.6 Å². The van der Waals surface area contributed by atoms with E-state index in [1.54, 1.807) is 0 Å². The van der Waals surface area contributed by atoms with Gasteiger partial charge in [-0.2, -0.15) is 0 Å². The summed E-state index contributed by atoms with van der Waals surface area (Å²) >= 11 is 0. The molecule has 0 saturated carbocycles. The number of benzene rings is 1. The second-order valence-corrected chi connectivity index (χ2v) is 7.43. The van der Waals surface area contributed by atoms with Gasteiger partial charge in [0.2, 0.25) is 0 Å². The van der Waals surface area contributed by atoms with Crippen LogP contribution < -0.4 is 10.6 Å². The number of aliphatic hydroxyl groups excluding tert-OH is 1. The Balaban J connectivity index is 2.03. The third-order valence-electron chi connectivity index (χ3n) is 5.57. The monoisotopic (exact) mass is 394 g/mol. The molecule has 3 N–H and O–H groups in total. The van der Waals surface area contributed by atoms with Gasteiger partial charge >= 0.3 is 0 Å². The highest BCUT2D eigenvalue weighted by Crippen LogP contribution is 2.26. The van der Waals surface area contributed by atoms with Crippen LogP contribution in [0.5, 0.6) is 0 Å². The first kappa shape index (κ1) is 20.9. The molecule has 6 heteroatoms. The fourth-order valence-corrected chi connectivity index (χ4v) is 3.78. The van der Waals surface area contributed by atoms with E-state index < -0.39 is 0 Å². The van der Waals surface area contributed by atoms with Gasteiger partial charge in [0.25, 0.3) is 5.91 Å². The maximum Gasteiger partial charge on any atom is 0.271 e. The summed E-state index contributed by atoms with van der Waals surface area (Å²) in [7, 11) is 0. The van der Waals surface area contributed by atoms with E-state index in [4.69, 9.17) is 5.11 Å². The molecule has 1 amide bonds. The van der Waals surface area contributed by atoms with Gasteiger partial charge in [-0.25, -0.2) is 4.98 Å². The van der Waals surface area contributed by atoms with Crippen molar-refractivity contribution in [3.8, 4) is 0 Å². The molecule has 0 spiro atoms. The minimum absolute atomic E-state index is 0.0979. The van der Waals surface area contributed by atoms with Crippen LogP contribution in [0.3, 0.4) is 0 Å². The molecule has 0 atom stereocenters. The Bertz CT molecular complexity index is 1050. The van der Waals surface area contributed by atoms with Gasteiger partial charge in [-0.05, 0) is 62.4 Å². The van der Waals surface area contributed by atoms with Crippen molar-refractivity contribution in [1.82, 2.24) is 14.7 Å². The summed E-state index contributed by atoms with van der Waals surface area (Å²) in [4.78, 5) is 17.1. The Morgan fingerprint density at radius 2 is 1.90 bits per heavy atom. The number of carbonyl (C=O) groups excluding carboxylic acids is 1. The van der Waals surface area contributed by atoms with Gasteiger partial charge in [0.15, 0.2) is 5.65 Å². The van der Waals surface area contributed by atoms with Gasteiger partial charge in [0.05, 0.1) is 18.0 Å². The summed E-state index contributed by atoms with van der Waals surface area (Å²) in [6, 6.07) is 8.50. The molecule has 0 unspecified atom stereocenters. The molecular weight excluding hydrogens is 364 g/mol. The molecule has 0 aliphatic rings. The molecule has 154 valence electrons. The van der Waals surface area contributed by atoms with E-state index in [1.165, 1.54) is 16.7 Å². The molecule has 1 aromatic carbocycles. The molecule has 0 saturated heterocycles. The lowest BCUT2D eigenvalue weighted by molar-refractivity contribution is 0.0939. The van der Waals surface area contributed by atoms with E-state index >= 15 is 0 Å². The number of anilines is 1. The lowest BCUT2D eigenvalue weighted by Gasteiger charge is -2.16. The molecule has 0 radical (unpaired) electrons. The summed E-state index contributed by atoms with van der Waals surface area (Å²) in [5.41, 5.74) is 8.92. The molecule has 2 aromatic heterocycles. The van der Waals surface area contributed by atoms with Crippen LogP contribution in [-0.4, -0.2) is 33.6 Å². The molecule has 3 rings (SSSR count). The van der Waals surface area contributed by atoms with Crippen LogP contribution in [0.15, 0.2) is 24.3 Å². The SMILES string of the molecule is CCc1cccc(C)c1CNc1cc(C)c(C)n2c(C)c(C(=O)NCCO)nc12. The highest BCUT2D eigenvalue weighted by atomic mass is 16.3. The summed E-state index contributed by atoms with van der Waals surface area (Å²) in [6.07, 6.45) is 0.985. The number of rotatable bonds is 7. The lowest BCUT2D eigenvalue weighted by Crippen LogP contribution is -2.27. The molecule has 6 nitrogen and oxygen atoms in total. The maximum atomic E-state index is 12.5. The number of amides is 1. The fourth-order valence-electron chi connectivity index (χ4n) is 3.78. The Labute approximate surface area is 172 Å². The van der Waals surface area contributed by atoms with Crippen molar-refractivity contribution < 1.29 is 9.90 Å². The first-order valence-electron chi connectivity index (χ1n) is 10.1. The standard InChI is InChI=1S/C23H30N4O2/c1-6-18-9-7-8-14(2)19(18)13-25-20-12-15(3)16(4)27-17(5)21(26-22(20)27)23(29)24-10-11-28/h7-9,12,25,28H,6,10-11,13H2,1-5H3,(H,24,29). The Morgan fingerprint density at radius 1 is 1.14 bits per heavy atom. The Hall–Kier alpha value is -2.86. The molecule has 0 aliphatic carbocycles. The van der Waals surface area contributed by atoms with E-state index in [9.17, 15) is 4.79 Å². The van der Waals surface area contributed by atoms with Crippen molar-refractivity contribution in [1.29, 1.82) is 0 Å². The van der Waals surface area contributed by atoms with Crippen molar-refractivity contribution in [2.45, 2.75) is 47.6 Å². The van der Waals surface area contributed by atoms with Crippen LogP contribution in [0.2, 0.25) is 0 Å². The van der Waals surface area contributed by atoms with Gasteiger partial charge in [0, 0.05) is 18.8 Å². The quantitative estimate of drug-likeness (QED) is 0.573. The number of nitrogens with zero attached hydrogens (tertiary/aromatic N) is 2. The van der Waals surface area contributed by atoms with Crippen LogP contribution in [0.25, 0.3) is 5.65 Å². The zero-order valence-electron chi connectivity index (χ0n) is 17.9. The summed E-state index contributed by atoms with van der Waals surface area (Å²) < 4.78 is 2.03. The highest BCUT2D eigenvalue weighted by molar-refractivity contribution is 5.95. The average Bonchev–Trinajstić information content (AvgIpc) is 3.06. The zero-order valence-corrected chi connectivity index (χ0v) is 17.9. The number of hydrogen-bond donors (Lipinski definition) is 3. The second-order valence-electron chi connectivity index (χ2n) is 7.43. The molecule has 29 heavy (non-hydrogen) atoms. The van der Waals surface area contributed by atoms with Crippen molar-refractivity contribution >= 4 is 17.2 Å². The topological polar surface area (TPSA) is 78.7 Å². The van der Waals surface area contributed by atoms with Crippen molar-refractivity contribution in [2.75, 3.05) is 18.5 Å². The number of carbonyl (C=O) groups is 1. The fraction of sp³-hybridized carbons (Fsp3) is 0.391. The molecule has 3 aromatic rings. The largest absolute Gasteiger partial charge is 0.395 e. The molecular formula is C23H30N4O2. The van der Waals surface area contributed by atoms with E-state index in [-0.39, 0.29) is 19.1 Å². The van der Waals surface area contributed by atoms with Gasteiger partial charge in [-0.1, -0.05) is 25.1 Å². The van der Waals surface area contributed by atoms with Gasteiger partial charge in [0.1, 0.15) is 5.69 Å². The van der Waals surface area contributed by atoms with Crippen LogP contribution >= 0.6 is 0 Å². The van der Waals surface area contributed by atoms with Crippen molar-refractivity contribution in [2.24, 2.45) is 0 Å². The van der Waals surface area contributed by atoms with Gasteiger partial charge < -0.3 is 15.7 Å². The number of aryl methyl sites for hydroxylation is 5. The lowest BCUT2D eigenvalue weighted by atomic mass is 10.00. The van der Waals surface area contributed by atoms with E-state index in [0.29, 0.717) is 12.2 Å². The number of pyridine rings is 1. The summed E-state index contributed by atoms with van der Waals surface area (Å²) in [6.45, 7) is 11.1. The smallest absolute Gasteiger partial charge is 0.271 e. The first-order valence-corrected chi connectivity index (χ1v) is 10.1. The third-order valence-corrected chi connectivity index (χ3v) is 5.57. The van der Waals surface area contributed by atoms with Crippen LogP contribution in [0.1, 0.15) is 51.1 Å². The van der Waals surface area contributed by atoms with E-state index in [0.717, 1.165) is 34.7 Å². The molecule has 0 bridgehead atoms. The van der Waals surface area contributed by atoms with Crippen LogP contribution in [0, 0.1) is 27.7 Å². The predicted molar refractivity (Wildman–Crippen MR) is 117 cm³/mol. The second kappa shape index (κ2) is 8.66. The van der Waals surface area contributed by atoms with E-state index in [1.807, 2.05) is 18.2 Å². The highest BCUT2D eigenvalue weighted by Gasteiger charge is 2.20. The average molecular weight is 395 g/mol. The summed E-state index contributed by atoms with van der Waals surface area (Å²) in [5, 5.41) is 15.2. The maximum absolute atomic E-state index is 12.5. The van der Waals surface area contributed by atoms with Crippen LogP contribution in [-0.2, 0) is 13.0 Å². The number of aliphatic hydroxyl groups is 1. The van der Waals surface area contributed by atoms with Gasteiger partial charge in [-0.3, -0.25) is 9.20 Å². The third kappa shape index (κ3) is 3.98. The number of fused-ring (bicyclic) bond motifs is 1. The zero-order chi connectivity index (χ0) is 21.1. The predicted octanol–water partition coefficient (Wildman–Crippen LogP) is 3.46. The first-order chi connectivity index (χ1) is 13.9. The molecule has 0 fully saturated rings. The minimum Gasteiger partial charge on any atom is -0.395 e. The summed E-state index contributed by atoms with van der Waals surface area (Å²) in [5.74, 6) is -0.268. The van der Waals surface area contributed by atoms with Gasteiger partial charge in [-0.15, -0.1) is 0 Å². The number of hydrogen-bond acceptors (Lipinski definition) is 4. The Kier molecular flexibility index (Phi) is 6.23. The molecule has 2 heterocycles. The normalized spacial score (nSPS) is 11.1. The Morgan fingerprint density at radius 3 is 2.59 bits per heavy atom.